The summed E-state index contributed by atoms with van der Waals surface area (Å²) in [6.45, 7) is 0. The summed E-state index contributed by atoms with van der Waals surface area (Å²) in [6.07, 6.45) is 15.6. The zero-order valence-electron chi connectivity index (χ0n) is 11.2. The standard InChI is InChI=1S/C15H25NO2/c17-15(18-14-9-5-2-6-10-14)11-12-16-13-7-3-1-4-8-13/h11-14,16H,1-10H2. The molecule has 0 bridgehead atoms. The molecule has 0 unspecified atom stereocenters. The second kappa shape index (κ2) is 7.45. The molecule has 0 atom stereocenters. The van der Waals surface area contributed by atoms with Crippen molar-refractivity contribution >= 4 is 5.97 Å². The Hall–Kier alpha value is -0.990. The van der Waals surface area contributed by atoms with Crippen LogP contribution in [0.4, 0.5) is 0 Å². The van der Waals surface area contributed by atoms with Gasteiger partial charge in [-0.2, -0.15) is 0 Å². The van der Waals surface area contributed by atoms with E-state index in [2.05, 4.69) is 5.32 Å². The summed E-state index contributed by atoms with van der Waals surface area (Å²) >= 11 is 0. The van der Waals surface area contributed by atoms with Gasteiger partial charge in [0.25, 0.3) is 0 Å². The number of carbonyl (C=O) groups excluding carboxylic acids is 1. The number of carbonyl (C=O) groups is 1. The van der Waals surface area contributed by atoms with Crippen LogP contribution in [-0.4, -0.2) is 18.1 Å². The molecule has 0 amide bonds. The minimum absolute atomic E-state index is 0.158. The van der Waals surface area contributed by atoms with Crippen LogP contribution in [-0.2, 0) is 9.53 Å². The fourth-order valence-corrected chi connectivity index (χ4v) is 2.91. The maximum Gasteiger partial charge on any atom is 0.332 e. The van der Waals surface area contributed by atoms with Gasteiger partial charge < -0.3 is 10.1 Å². The summed E-state index contributed by atoms with van der Waals surface area (Å²) in [5.41, 5.74) is 0. The monoisotopic (exact) mass is 251 g/mol. The number of ether oxygens (including phenoxy) is 1. The largest absolute Gasteiger partial charge is 0.459 e. The Kier molecular flexibility index (Phi) is 5.56. The maximum atomic E-state index is 11.6. The van der Waals surface area contributed by atoms with Gasteiger partial charge in [0.1, 0.15) is 6.10 Å². The average Bonchev–Trinajstić information content (AvgIpc) is 2.41. The Labute approximate surface area is 110 Å². The fourth-order valence-electron chi connectivity index (χ4n) is 2.91. The van der Waals surface area contributed by atoms with Gasteiger partial charge in [-0.3, -0.25) is 0 Å². The highest BCUT2D eigenvalue weighted by Crippen LogP contribution is 2.20. The van der Waals surface area contributed by atoms with Gasteiger partial charge >= 0.3 is 5.97 Å². The summed E-state index contributed by atoms with van der Waals surface area (Å²) in [6, 6.07) is 0.553. The van der Waals surface area contributed by atoms with Crippen molar-refractivity contribution in [1.29, 1.82) is 0 Å². The Morgan fingerprint density at radius 2 is 1.56 bits per heavy atom. The molecule has 0 spiro atoms. The molecule has 2 aliphatic rings. The summed E-state index contributed by atoms with van der Waals surface area (Å²) in [5, 5.41) is 3.31. The lowest BCUT2D eigenvalue weighted by Crippen LogP contribution is -2.27. The SMILES string of the molecule is O=C(C=CNC1CCCCC1)OC1CCCCC1. The minimum Gasteiger partial charge on any atom is -0.459 e. The van der Waals surface area contributed by atoms with E-state index < -0.39 is 0 Å². The number of rotatable bonds is 4. The molecule has 0 heterocycles. The van der Waals surface area contributed by atoms with Crippen molar-refractivity contribution in [1.82, 2.24) is 5.32 Å². The van der Waals surface area contributed by atoms with Crippen molar-refractivity contribution < 1.29 is 9.53 Å². The zero-order valence-corrected chi connectivity index (χ0v) is 11.2. The van der Waals surface area contributed by atoms with E-state index in [4.69, 9.17) is 4.74 Å². The van der Waals surface area contributed by atoms with Gasteiger partial charge in [-0.15, -0.1) is 0 Å². The van der Waals surface area contributed by atoms with Crippen LogP contribution in [0.1, 0.15) is 64.2 Å². The third-order valence-corrected chi connectivity index (χ3v) is 3.99. The highest BCUT2D eigenvalue weighted by molar-refractivity contribution is 5.81. The van der Waals surface area contributed by atoms with E-state index in [-0.39, 0.29) is 12.1 Å². The average molecular weight is 251 g/mol. The van der Waals surface area contributed by atoms with Gasteiger partial charge in [-0.05, 0) is 38.5 Å². The molecule has 1 N–H and O–H groups in total. The first kappa shape index (κ1) is 13.4. The predicted octanol–water partition coefficient (Wildman–Crippen LogP) is 3.30. The molecule has 0 aromatic carbocycles. The molecule has 0 aliphatic heterocycles. The number of hydrogen-bond acceptors (Lipinski definition) is 3. The van der Waals surface area contributed by atoms with Crippen molar-refractivity contribution in [2.24, 2.45) is 0 Å². The van der Waals surface area contributed by atoms with Crippen molar-refractivity contribution in [3.8, 4) is 0 Å². The van der Waals surface area contributed by atoms with Crippen molar-refractivity contribution in [3.05, 3.63) is 12.3 Å². The van der Waals surface area contributed by atoms with E-state index >= 15 is 0 Å². The van der Waals surface area contributed by atoms with Gasteiger partial charge in [0.2, 0.25) is 0 Å². The summed E-state index contributed by atoms with van der Waals surface area (Å²) in [4.78, 5) is 11.6. The van der Waals surface area contributed by atoms with Crippen LogP contribution in [0.5, 0.6) is 0 Å². The lowest BCUT2D eigenvalue weighted by Gasteiger charge is -2.22. The molecule has 102 valence electrons. The molecular weight excluding hydrogens is 226 g/mol. The van der Waals surface area contributed by atoms with E-state index in [1.807, 2.05) is 0 Å². The molecular formula is C15H25NO2. The highest BCUT2D eigenvalue weighted by atomic mass is 16.5. The first-order valence-corrected chi connectivity index (χ1v) is 7.48. The molecule has 0 aromatic heterocycles. The summed E-state index contributed by atoms with van der Waals surface area (Å²) in [5.74, 6) is -0.190. The molecule has 2 aliphatic carbocycles. The Morgan fingerprint density at radius 3 is 2.22 bits per heavy atom. The Bertz CT molecular complexity index is 276. The van der Waals surface area contributed by atoms with E-state index in [9.17, 15) is 4.79 Å². The third-order valence-electron chi connectivity index (χ3n) is 3.99. The lowest BCUT2D eigenvalue weighted by atomic mass is 9.96. The zero-order chi connectivity index (χ0) is 12.6. The molecule has 3 heteroatoms. The van der Waals surface area contributed by atoms with E-state index in [1.165, 1.54) is 51.4 Å². The quantitative estimate of drug-likeness (QED) is 0.615. The third kappa shape index (κ3) is 4.71. The lowest BCUT2D eigenvalue weighted by molar-refractivity contribution is -0.144. The smallest absolute Gasteiger partial charge is 0.332 e. The number of nitrogens with one attached hydrogen (secondary N) is 1. The summed E-state index contributed by atoms with van der Waals surface area (Å²) in [7, 11) is 0. The Morgan fingerprint density at radius 1 is 0.944 bits per heavy atom. The first-order chi connectivity index (χ1) is 8.84. The minimum atomic E-state index is -0.190. The first-order valence-electron chi connectivity index (χ1n) is 7.48. The van der Waals surface area contributed by atoms with Crippen molar-refractivity contribution in [3.63, 3.8) is 0 Å². The molecule has 0 saturated heterocycles. The molecule has 0 aromatic rings. The van der Waals surface area contributed by atoms with E-state index in [1.54, 1.807) is 12.3 Å². The van der Waals surface area contributed by atoms with Gasteiger partial charge in [0, 0.05) is 18.3 Å². The molecule has 0 radical (unpaired) electrons. The second-order valence-corrected chi connectivity index (χ2v) is 5.53. The predicted molar refractivity (Wildman–Crippen MR) is 72.1 cm³/mol. The van der Waals surface area contributed by atoms with Crippen LogP contribution in [0.25, 0.3) is 0 Å². The summed E-state index contributed by atoms with van der Waals surface area (Å²) < 4.78 is 5.41. The van der Waals surface area contributed by atoms with Crippen LogP contribution >= 0.6 is 0 Å². The fraction of sp³-hybridized carbons (Fsp3) is 0.800. The topological polar surface area (TPSA) is 38.3 Å². The molecule has 2 rings (SSSR count). The van der Waals surface area contributed by atoms with Gasteiger partial charge in [-0.25, -0.2) is 4.79 Å². The van der Waals surface area contributed by atoms with Crippen LogP contribution < -0.4 is 5.32 Å². The number of esters is 1. The second-order valence-electron chi connectivity index (χ2n) is 5.53. The van der Waals surface area contributed by atoms with Gasteiger partial charge in [0.15, 0.2) is 0 Å². The molecule has 2 fully saturated rings. The Balaban J connectivity index is 1.63. The van der Waals surface area contributed by atoms with E-state index in [0.717, 1.165) is 12.8 Å². The van der Waals surface area contributed by atoms with Crippen LogP contribution in [0, 0.1) is 0 Å². The highest BCUT2D eigenvalue weighted by Gasteiger charge is 2.16. The molecule has 2 saturated carbocycles. The van der Waals surface area contributed by atoms with Gasteiger partial charge in [0.05, 0.1) is 0 Å². The normalized spacial score (nSPS) is 23.1. The van der Waals surface area contributed by atoms with Gasteiger partial charge in [-0.1, -0.05) is 25.7 Å². The van der Waals surface area contributed by atoms with E-state index in [0.29, 0.717) is 6.04 Å². The van der Waals surface area contributed by atoms with Crippen molar-refractivity contribution in [2.45, 2.75) is 76.4 Å². The van der Waals surface area contributed by atoms with Crippen LogP contribution in [0.15, 0.2) is 12.3 Å². The van der Waals surface area contributed by atoms with Crippen LogP contribution in [0.2, 0.25) is 0 Å². The van der Waals surface area contributed by atoms with Crippen LogP contribution in [0.3, 0.4) is 0 Å². The number of hydrogen-bond donors (Lipinski definition) is 1. The maximum absolute atomic E-state index is 11.6. The van der Waals surface area contributed by atoms with Crippen molar-refractivity contribution in [2.75, 3.05) is 0 Å². The molecule has 3 nitrogen and oxygen atoms in total. The molecule has 18 heavy (non-hydrogen) atoms.